The number of nitriles is 1. The lowest BCUT2D eigenvalue weighted by molar-refractivity contribution is 0.0426. The second-order valence-electron chi connectivity index (χ2n) is 5.78. The van der Waals surface area contributed by atoms with E-state index < -0.39 is 14.2 Å². The third-order valence-corrected chi connectivity index (χ3v) is 4.48. The third kappa shape index (κ3) is 4.03. The van der Waals surface area contributed by atoms with Crippen LogP contribution in [0.2, 0.25) is 25.7 Å². The molecule has 0 atom stereocenters. The average molecular weight is 304 g/mol. The molecule has 0 saturated heterocycles. The van der Waals surface area contributed by atoms with E-state index in [0.29, 0.717) is 23.2 Å². The summed E-state index contributed by atoms with van der Waals surface area (Å²) in [6.45, 7) is 6.91. The predicted octanol–water partition coefficient (Wildman–Crippen LogP) is 2.21. The maximum absolute atomic E-state index is 11.6. The van der Waals surface area contributed by atoms with E-state index in [1.54, 1.807) is 18.2 Å². The Kier molecular flexibility index (Phi) is 4.23. The van der Waals surface area contributed by atoms with Crippen LogP contribution in [0.5, 0.6) is 0 Å². The molecule has 0 bridgehead atoms. The Balaban J connectivity index is 2.00. The summed E-state index contributed by atoms with van der Waals surface area (Å²) < 4.78 is 5.02. The van der Waals surface area contributed by atoms with E-state index in [2.05, 4.69) is 30.0 Å². The topological polar surface area (TPSA) is 90.0 Å². The molecule has 110 valence electrons. The number of hydrogen-bond donors (Lipinski definition) is 0. The normalized spacial score (nSPS) is 11.1. The maximum Gasteiger partial charge on any atom is 0.535 e. The van der Waals surface area contributed by atoms with Gasteiger partial charge in [0.1, 0.15) is 11.0 Å². The summed E-state index contributed by atoms with van der Waals surface area (Å²) in [5, 5.41) is 16.4. The lowest BCUT2D eigenvalue weighted by Gasteiger charge is -2.14. The smallest absolute Gasteiger partial charge is 0.433 e. The van der Waals surface area contributed by atoms with Crippen molar-refractivity contribution in [2.75, 3.05) is 6.61 Å². The molecule has 1 heterocycles. The number of carbonyl (C=O) groups is 1. The molecule has 2 aromatic rings. The van der Waals surface area contributed by atoms with Crippen molar-refractivity contribution in [3.8, 4) is 6.07 Å². The number of rotatable bonds is 4. The first kappa shape index (κ1) is 15.0. The van der Waals surface area contributed by atoms with Crippen LogP contribution >= 0.6 is 0 Å². The average Bonchev–Trinajstić information content (AvgIpc) is 2.79. The molecule has 1 aromatic carbocycles. The zero-order valence-corrected chi connectivity index (χ0v) is 13.2. The molecule has 2 rings (SSSR count). The van der Waals surface area contributed by atoms with Gasteiger partial charge in [0.15, 0.2) is 0 Å². The number of carbonyl (C=O) groups excluding carboxylic acids is 1. The Morgan fingerprint density at radius 3 is 2.86 bits per heavy atom. The van der Waals surface area contributed by atoms with E-state index in [1.165, 1.54) is 0 Å². The van der Waals surface area contributed by atoms with Gasteiger partial charge in [-0.2, -0.15) is 5.26 Å². The minimum atomic E-state index is -1.26. The lowest BCUT2D eigenvalue weighted by atomic mass is 10.2. The SMILES string of the molecule is C[Si](C)(C)CCOC(=O)On1nnc2cc(C#N)ccc21. The van der Waals surface area contributed by atoms with Gasteiger partial charge < -0.3 is 4.74 Å². The Bertz CT molecular complexity index is 699. The fourth-order valence-electron chi connectivity index (χ4n) is 1.58. The second kappa shape index (κ2) is 5.93. The van der Waals surface area contributed by atoms with Crippen molar-refractivity contribution in [1.29, 1.82) is 5.26 Å². The molecule has 0 N–H and O–H groups in total. The standard InChI is InChI=1S/C13H16N4O3Si/c1-21(2,3)7-6-19-13(18)20-17-12-5-4-10(9-14)8-11(12)15-16-17/h4-5,8H,6-7H2,1-3H3. The second-order valence-corrected chi connectivity index (χ2v) is 11.4. The van der Waals surface area contributed by atoms with Gasteiger partial charge in [-0.05, 0) is 29.5 Å². The van der Waals surface area contributed by atoms with Crippen molar-refractivity contribution >= 4 is 25.3 Å². The number of fused-ring (bicyclic) bond motifs is 1. The van der Waals surface area contributed by atoms with Crippen molar-refractivity contribution in [3.05, 3.63) is 23.8 Å². The van der Waals surface area contributed by atoms with Crippen LogP contribution in [0.1, 0.15) is 5.56 Å². The molecular formula is C13H16N4O3Si. The molecule has 0 spiro atoms. The van der Waals surface area contributed by atoms with E-state index >= 15 is 0 Å². The van der Waals surface area contributed by atoms with Crippen LogP contribution in [0, 0.1) is 11.3 Å². The van der Waals surface area contributed by atoms with E-state index in [1.807, 2.05) is 6.07 Å². The highest BCUT2D eigenvalue weighted by Crippen LogP contribution is 2.12. The molecule has 0 amide bonds. The molecule has 0 aliphatic carbocycles. The first-order chi connectivity index (χ1) is 9.89. The minimum absolute atomic E-state index is 0.333. The van der Waals surface area contributed by atoms with Crippen molar-refractivity contribution in [2.24, 2.45) is 0 Å². The molecule has 1 aromatic heterocycles. The fraction of sp³-hybridized carbons (Fsp3) is 0.385. The predicted molar refractivity (Wildman–Crippen MR) is 78.3 cm³/mol. The van der Waals surface area contributed by atoms with Gasteiger partial charge in [-0.25, -0.2) is 4.79 Å². The molecule has 0 saturated carbocycles. The number of benzene rings is 1. The largest absolute Gasteiger partial charge is 0.535 e. The summed E-state index contributed by atoms with van der Waals surface area (Å²) in [5.41, 5.74) is 1.44. The highest BCUT2D eigenvalue weighted by atomic mass is 28.3. The van der Waals surface area contributed by atoms with Crippen molar-refractivity contribution in [1.82, 2.24) is 15.2 Å². The molecule has 0 radical (unpaired) electrons. The number of nitrogens with zero attached hydrogens (tertiary/aromatic N) is 4. The first-order valence-corrected chi connectivity index (χ1v) is 10.2. The van der Waals surface area contributed by atoms with E-state index in [4.69, 9.17) is 14.8 Å². The van der Waals surface area contributed by atoms with Gasteiger partial charge in [-0.15, -0.1) is 5.10 Å². The zero-order chi connectivity index (χ0) is 15.5. The Hall–Kier alpha value is -2.40. The maximum atomic E-state index is 11.6. The summed E-state index contributed by atoms with van der Waals surface area (Å²) in [4.78, 5) is 17.6. The number of ether oxygens (including phenoxy) is 1. The molecule has 21 heavy (non-hydrogen) atoms. The van der Waals surface area contributed by atoms with Gasteiger partial charge in [0, 0.05) is 8.07 Å². The van der Waals surface area contributed by atoms with Crippen LogP contribution < -0.4 is 4.84 Å². The third-order valence-electron chi connectivity index (χ3n) is 2.78. The van der Waals surface area contributed by atoms with Crippen molar-refractivity contribution in [3.63, 3.8) is 0 Å². The van der Waals surface area contributed by atoms with Gasteiger partial charge in [0.2, 0.25) is 0 Å². The van der Waals surface area contributed by atoms with Gasteiger partial charge in [0.05, 0.1) is 18.2 Å². The molecule has 7 nitrogen and oxygen atoms in total. The number of aromatic nitrogens is 3. The monoisotopic (exact) mass is 304 g/mol. The summed E-state index contributed by atoms with van der Waals surface area (Å²) >= 11 is 0. The Morgan fingerprint density at radius 1 is 1.43 bits per heavy atom. The molecular weight excluding hydrogens is 288 g/mol. The summed E-state index contributed by atoms with van der Waals surface area (Å²) in [5.74, 6) is 0. The number of hydrogen-bond acceptors (Lipinski definition) is 6. The van der Waals surface area contributed by atoms with Crippen LogP contribution in [0.15, 0.2) is 18.2 Å². The van der Waals surface area contributed by atoms with Gasteiger partial charge in [0.25, 0.3) is 0 Å². The van der Waals surface area contributed by atoms with Gasteiger partial charge >= 0.3 is 6.16 Å². The summed E-state index contributed by atoms with van der Waals surface area (Å²) in [6.07, 6.45) is -0.815. The van der Waals surface area contributed by atoms with Gasteiger partial charge in [-0.1, -0.05) is 24.5 Å². The van der Waals surface area contributed by atoms with E-state index in [-0.39, 0.29) is 0 Å². The Morgan fingerprint density at radius 2 is 2.19 bits per heavy atom. The molecule has 0 aliphatic rings. The van der Waals surface area contributed by atoms with E-state index in [9.17, 15) is 4.79 Å². The van der Waals surface area contributed by atoms with Crippen LogP contribution in [0.3, 0.4) is 0 Å². The van der Waals surface area contributed by atoms with Gasteiger partial charge in [-0.3, -0.25) is 4.84 Å². The molecule has 8 heteroatoms. The molecule has 0 fully saturated rings. The summed E-state index contributed by atoms with van der Waals surface area (Å²) in [6, 6.07) is 7.65. The van der Waals surface area contributed by atoms with Crippen LogP contribution in [0.25, 0.3) is 11.0 Å². The highest BCUT2D eigenvalue weighted by molar-refractivity contribution is 6.76. The first-order valence-electron chi connectivity index (χ1n) is 6.50. The lowest BCUT2D eigenvalue weighted by Crippen LogP contribution is -2.26. The van der Waals surface area contributed by atoms with Crippen molar-refractivity contribution < 1.29 is 14.4 Å². The zero-order valence-electron chi connectivity index (χ0n) is 12.2. The minimum Gasteiger partial charge on any atom is -0.433 e. The fourth-order valence-corrected chi connectivity index (χ4v) is 2.29. The van der Waals surface area contributed by atoms with Crippen LogP contribution in [-0.2, 0) is 4.74 Å². The van der Waals surface area contributed by atoms with E-state index in [0.717, 1.165) is 10.9 Å². The summed E-state index contributed by atoms with van der Waals surface area (Å²) in [7, 11) is -1.26. The van der Waals surface area contributed by atoms with Crippen molar-refractivity contribution in [2.45, 2.75) is 25.7 Å². The molecule has 0 aliphatic heterocycles. The highest BCUT2D eigenvalue weighted by Gasteiger charge is 2.16. The van der Waals surface area contributed by atoms with Crippen LogP contribution in [-0.4, -0.2) is 36.0 Å². The molecule has 0 unspecified atom stereocenters. The Labute approximate surface area is 123 Å². The quantitative estimate of drug-likeness (QED) is 0.488. The van der Waals surface area contributed by atoms with Crippen LogP contribution in [0.4, 0.5) is 4.79 Å².